The fourth-order valence-corrected chi connectivity index (χ4v) is 3.65. The lowest BCUT2D eigenvalue weighted by molar-refractivity contribution is -0.0197. The third-order valence-corrected chi connectivity index (χ3v) is 5.75. The summed E-state index contributed by atoms with van der Waals surface area (Å²) in [6, 6.07) is 0. The lowest BCUT2D eigenvalue weighted by Crippen LogP contribution is -2.20. The molecule has 0 spiro atoms. The first-order valence-corrected chi connectivity index (χ1v) is 13.0. The van der Waals surface area contributed by atoms with Crippen LogP contribution in [0.15, 0.2) is 0 Å². The highest BCUT2D eigenvalue weighted by molar-refractivity contribution is 4.54. The minimum Gasteiger partial charge on any atom is -0.379 e. The van der Waals surface area contributed by atoms with E-state index in [9.17, 15) is 0 Å². The largest absolute Gasteiger partial charge is 0.379 e. The fourth-order valence-electron chi connectivity index (χ4n) is 3.65. The van der Waals surface area contributed by atoms with Crippen molar-refractivity contribution >= 4 is 0 Å². The van der Waals surface area contributed by atoms with Gasteiger partial charge in [0.15, 0.2) is 0 Å². The minimum absolute atomic E-state index is 0.299. The van der Waals surface area contributed by atoms with Crippen LogP contribution in [0.2, 0.25) is 0 Å². The second-order valence-corrected chi connectivity index (χ2v) is 8.63. The molecule has 2 heteroatoms. The lowest BCUT2D eigenvalue weighted by Gasteiger charge is -2.16. The lowest BCUT2D eigenvalue weighted by atomic mass is 10.0. The molecule has 0 saturated carbocycles. The normalized spacial score (nSPS) is 12.5. The molecule has 0 bridgehead atoms. The molecule has 0 aliphatic heterocycles. The molecule has 1 atom stereocenters. The molecule has 0 aromatic heterocycles. The zero-order valence-corrected chi connectivity index (χ0v) is 20.0. The molecule has 2 nitrogen and oxygen atoms in total. The van der Waals surface area contributed by atoms with E-state index in [-0.39, 0.29) is 0 Å². The van der Waals surface area contributed by atoms with Crippen LogP contribution in [0.25, 0.3) is 0 Å². The van der Waals surface area contributed by atoms with Gasteiger partial charge in [0.2, 0.25) is 0 Å². The second kappa shape index (κ2) is 25.0. The maximum atomic E-state index is 5.84. The van der Waals surface area contributed by atoms with Gasteiger partial charge in [-0.3, -0.25) is 0 Å². The van der Waals surface area contributed by atoms with Gasteiger partial charge in [0.25, 0.3) is 0 Å². The summed E-state index contributed by atoms with van der Waals surface area (Å²) in [5.74, 6) is 0. The highest BCUT2D eigenvalue weighted by Crippen LogP contribution is 2.13. The van der Waals surface area contributed by atoms with Gasteiger partial charge in [-0.05, 0) is 19.3 Å². The van der Waals surface area contributed by atoms with E-state index in [1.165, 1.54) is 109 Å². The molecule has 0 aromatic carbocycles. The molecular formula is C26H54O2. The maximum Gasteiger partial charge on any atom is 0.0805 e. The van der Waals surface area contributed by atoms with Crippen LogP contribution in [0.3, 0.4) is 0 Å². The van der Waals surface area contributed by atoms with Gasteiger partial charge in [-0.25, -0.2) is 0 Å². The van der Waals surface area contributed by atoms with E-state index >= 15 is 0 Å². The minimum atomic E-state index is 0.299. The summed E-state index contributed by atoms with van der Waals surface area (Å²) in [6.45, 7) is 9.26. The number of hydrogen-bond donors (Lipinski definition) is 0. The van der Waals surface area contributed by atoms with Crippen molar-refractivity contribution < 1.29 is 9.47 Å². The SMILES string of the molecule is CCCCCCCCCCCCCCCCCCOCC(CC)OCCCC. The molecule has 0 fully saturated rings. The number of unbranched alkanes of at least 4 members (excludes halogenated alkanes) is 16. The Kier molecular flexibility index (Phi) is 24.9. The van der Waals surface area contributed by atoms with E-state index in [1.54, 1.807) is 0 Å². The van der Waals surface area contributed by atoms with Crippen LogP contribution in [0.4, 0.5) is 0 Å². The van der Waals surface area contributed by atoms with Crippen molar-refractivity contribution in [1.82, 2.24) is 0 Å². The Labute approximate surface area is 178 Å². The molecular weight excluding hydrogens is 344 g/mol. The van der Waals surface area contributed by atoms with Crippen molar-refractivity contribution in [3.05, 3.63) is 0 Å². The van der Waals surface area contributed by atoms with E-state index in [4.69, 9.17) is 9.47 Å². The Morgan fingerprint density at radius 1 is 0.464 bits per heavy atom. The van der Waals surface area contributed by atoms with Crippen LogP contribution in [-0.4, -0.2) is 25.9 Å². The van der Waals surface area contributed by atoms with Gasteiger partial charge < -0.3 is 9.47 Å². The Balaban J connectivity index is 3.13. The van der Waals surface area contributed by atoms with Gasteiger partial charge >= 0.3 is 0 Å². The topological polar surface area (TPSA) is 18.5 Å². The van der Waals surface area contributed by atoms with Gasteiger partial charge in [0.05, 0.1) is 12.7 Å². The van der Waals surface area contributed by atoms with Crippen molar-refractivity contribution in [1.29, 1.82) is 0 Å². The van der Waals surface area contributed by atoms with Gasteiger partial charge in [-0.2, -0.15) is 0 Å². The monoisotopic (exact) mass is 398 g/mol. The van der Waals surface area contributed by atoms with Crippen molar-refractivity contribution in [3.63, 3.8) is 0 Å². The Morgan fingerprint density at radius 3 is 1.32 bits per heavy atom. The Hall–Kier alpha value is -0.0800. The molecule has 0 amide bonds. The van der Waals surface area contributed by atoms with Crippen molar-refractivity contribution in [2.75, 3.05) is 19.8 Å². The third-order valence-electron chi connectivity index (χ3n) is 5.75. The highest BCUT2D eigenvalue weighted by Gasteiger charge is 2.06. The number of ether oxygens (including phenoxy) is 2. The summed E-state index contributed by atoms with van der Waals surface area (Å²) in [6.07, 6.45) is 26.4. The predicted octanol–water partition coefficient (Wildman–Crippen LogP) is 8.86. The molecule has 0 N–H and O–H groups in total. The zero-order valence-electron chi connectivity index (χ0n) is 20.0. The van der Waals surface area contributed by atoms with Crippen LogP contribution in [0.5, 0.6) is 0 Å². The molecule has 1 unspecified atom stereocenters. The standard InChI is InChI=1S/C26H54O2/c1-4-7-9-10-11-12-13-14-15-16-17-18-19-20-21-22-23-27-25-26(6-3)28-24-8-5-2/h26H,4-25H2,1-3H3. The number of hydrogen-bond acceptors (Lipinski definition) is 2. The Bertz CT molecular complexity index is 267. The molecule has 0 aliphatic rings. The van der Waals surface area contributed by atoms with Crippen LogP contribution in [0.1, 0.15) is 143 Å². The predicted molar refractivity (Wildman–Crippen MR) is 125 cm³/mol. The summed E-state index contributed by atoms with van der Waals surface area (Å²) in [7, 11) is 0. The van der Waals surface area contributed by atoms with Crippen LogP contribution >= 0.6 is 0 Å². The van der Waals surface area contributed by atoms with Crippen LogP contribution < -0.4 is 0 Å². The average Bonchev–Trinajstić information content (AvgIpc) is 2.71. The summed E-state index contributed by atoms with van der Waals surface area (Å²) in [5.41, 5.74) is 0. The van der Waals surface area contributed by atoms with E-state index < -0.39 is 0 Å². The smallest absolute Gasteiger partial charge is 0.0805 e. The molecule has 0 saturated heterocycles. The van der Waals surface area contributed by atoms with E-state index in [1.807, 2.05) is 0 Å². The molecule has 0 rings (SSSR count). The quantitative estimate of drug-likeness (QED) is 0.151. The van der Waals surface area contributed by atoms with Gasteiger partial charge in [-0.1, -0.05) is 124 Å². The summed E-state index contributed by atoms with van der Waals surface area (Å²) in [5, 5.41) is 0. The summed E-state index contributed by atoms with van der Waals surface area (Å²) in [4.78, 5) is 0. The van der Waals surface area contributed by atoms with Gasteiger partial charge in [-0.15, -0.1) is 0 Å². The first-order chi connectivity index (χ1) is 13.8. The first-order valence-electron chi connectivity index (χ1n) is 13.0. The summed E-state index contributed by atoms with van der Waals surface area (Å²) < 4.78 is 11.7. The molecule has 0 heterocycles. The average molecular weight is 399 g/mol. The molecule has 0 radical (unpaired) electrons. The van der Waals surface area contributed by atoms with Gasteiger partial charge in [0, 0.05) is 13.2 Å². The van der Waals surface area contributed by atoms with Crippen LogP contribution in [-0.2, 0) is 9.47 Å². The van der Waals surface area contributed by atoms with Crippen LogP contribution in [0, 0.1) is 0 Å². The van der Waals surface area contributed by atoms with Crippen molar-refractivity contribution in [2.45, 2.75) is 149 Å². The van der Waals surface area contributed by atoms with Crippen molar-refractivity contribution in [3.8, 4) is 0 Å². The van der Waals surface area contributed by atoms with E-state index in [0.717, 1.165) is 32.7 Å². The molecule has 28 heavy (non-hydrogen) atoms. The van der Waals surface area contributed by atoms with E-state index in [0.29, 0.717) is 6.10 Å². The third kappa shape index (κ3) is 22.2. The fraction of sp³-hybridized carbons (Fsp3) is 1.00. The summed E-state index contributed by atoms with van der Waals surface area (Å²) >= 11 is 0. The molecule has 170 valence electrons. The first kappa shape index (κ1) is 27.9. The number of rotatable bonds is 24. The second-order valence-electron chi connectivity index (χ2n) is 8.63. The van der Waals surface area contributed by atoms with Gasteiger partial charge in [0.1, 0.15) is 0 Å². The Morgan fingerprint density at radius 2 is 0.893 bits per heavy atom. The zero-order chi connectivity index (χ0) is 20.5. The van der Waals surface area contributed by atoms with Crippen molar-refractivity contribution in [2.24, 2.45) is 0 Å². The molecule has 0 aliphatic carbocycles. The highest BCUT2D eigenvalue weighted by atomic mass is 16.5. The van der Waals surface area contributed by atoms with E-state index in [2.05, 4.69) is 20.8 Å². The molecule has 0 aromatic rings. The maximum absolute atomic E-state index is 5.84.